The molecule has 3 aromatic rings. The lowest BCUT2D eigenvalue weighted by Gasteiger charge is -2.19. The van der Waals surface area contributed by atoms with Gasteiger partial charge in [0, 0.05) is 11.1 Å². The first kappa shape index (κ1) is 18.6. The predicted octanol–water partition coefficient (Wildman–Crippen LogP) is 3.96. The van der Waals surface area contributed by atoms with Crippen molar-refractivity contribution in [1.82, 2.24) is 15.2 Å². The largest absolute Gasteiger partial charge is 0.471 e. The van der Waals surface area contributed by atoms with Gasteiger partial charge in [0.1, 0.15) is 0 Å². The third-order valence-electron chi connectivity index (χ3n) is 3.67. The summed E-state index contributed by atoms with van der Waals surface area (Å²) in [5.41, 5.74) is 1.54. The van der Waals surface area contributed by atoms with E-state index in [9.17, 15) is 18.0 Å². The maximum absolute atomic E-state index is 12.5. The maximum atomic E-state index is 12.5. The number of carbonyl (C=O) groups is 1. The molecule has 0 spiro atoms. The molecule has 1 amide bonds. The number of alkyl halides is 3. The number of aromatic nitrogens is 2. The molecule has 9 heteroatoms. The van der Waals surface area contributed by atoms with Gasteiger partial charge in [-0.25, -0.2) is 5.06 Å². The Kier molecular flexibility index (Phi) is 5.22. The molecule has 1 aromatic heterocycles. The Morgan fingerprint density at radius 3 is 2.33 bits per heavy atom. The van der Waals surface area contributed by atoms with Crippen LogP contribution in [0.2, 0.25) is 0 Å². The van der Waals surface area contributed by atoms with Gasteiger partial charge in [0.15, 0.2) is 0 Å². The molecule has 0 saturated carbocycles. The Labute approximate surface area is 152 Å². The summed E-state index contributed by atoms with van der Waals surface area (Å²) in [7, 11) is 1.38. The van der Waals surface area contributed by atoms with Crippen molar-refractivity contribution >= 4 is 5.91 Å². The maximum Gasteiger partial charge on any atom is 0.471 e. The smallest absolute Gasteiger partial charge is 0.329 e. The Morgan fingerprint density at radius 1 is 1.11 bits per heavy atom. The first-order valence-corrected chi connectivity index (χ1v) is 7.79. The zero-order chi connectivity index (χ0) is 19.4. The molecule has 0 aliphatic rings. The van der Waals surface area contributed by atoms with Crippen LogP contribution in [0.25, 0.3) is 11.4 Å². The average molecular weight is 377 g/mol. The first-order valence-electron chi connectivity index (χ1n) is 7.79. The molecule has 0 fully saturated rings. The SMILES string of the molecule is CON(Cc1ccc(-c2noc(C(F)(F)F)n2)cc1)C(=O)c1ccccc1. The minimum Gasteiger partial charge on any atom is -0.329 e. The fourth-order valence-electron chi connectivity index (χ4n) is 2.32. The van der Waals surface area contributed by atoms with E-state index in [4.69, 9.17) is 4.84 Å². The zero-order valence-electron chi connectivity index (χ0n) is 14.1. The topological polar surface area (TPSA) is 68.5 Å². The number of rotatable bonds is 5. The predicted molar refractivity (Wildman–Crippen MR) is 88.1 cm³/mol. The van der Waals surface area contributed by atoms with Gasteiger partial charge in [-0.15, -0.1) is 0 Å². The molecule has 0 aliphatic heterocycles. The minimum absolute atomic E-state index is 0.157. The van der Waals surface area contributed by atoms with Crippen LogP contribution >= 0.6 is 0 Å². The van der Waals surface area contributed by atoms with Gasteiger partial charge in [-0.3, -0.25) is 9.63 Å². The second-order valence-corrected chi connectivity index (χ2v) is 5.51. The Balaban J connectivity index is 1.73. The van der Waals surface area contributed by atoms with Crippen molar-refractivity contribution in [3.05, 3.63) is 71.6 Å². The fourth-order valence-corrected chi connectivity index (χ4v) is 2.32. The van der Waals surface area contributed by atoms with E-state index < -0.39 is 12.1 Å². The second-order valence-electron chi connectivity index (χ2n) is 5.51. The number of hydrogen-bond acceptors (Lipinski definition) is 5. The van der Waals surface area contributed by atoms with Crippen molar-refractivity contribution < 1.29 is 27.3 Å². The van der Waals surface area contributed by atoms with Gasteiger partial charge in [0.25, 0.3) is 5.91 Å². The van der Waals surface area contributed by atoms with Crippen LogP contribution in [0.1, 0.15) is 21.8 Å². The highest BCUT2D eigenvalue weighted by Crippen LogP contribution is 2.29. The van der Waals surface area contributed by atoms with Crippen LogP contribution in [0.15, 0.2) is 59.1 Å². The molecular formula is C18H14F3N3O3. The van der Waals surface area contributed by atoms with E-state index in [1.165, 1.54) is 12.2 Å². The molecule has 0 bridgehead atoms. The molecule has 6 nitrogen and oxygen atoms in total. The van der Waals surface area contributed by atoms with E-state index >= 15 is 0 Å². The van der Waals surface area contributed by atoms with Crippen LogP contribution in [0.3, 0.4) is 0 Å². The Bertz CT molecular complexity index is 909. The number of halogens is 3. The van der Waals surface area contributed by atoms with Crippen molar-refractivity contribution in [2.24, 2.45) is 0 Å². The number of hydrogen-bond donors (Lipinski definition) is 0. The molecule has 140 valence electrons. The lowest BCUT2D eigenvalue weighted by molar-refractivity contribution is -0.159. The summed E-state index contributed by atoms with van der Waals surface area (Å²) in [6.45, 7) is 0.157. The summed E-state index contributed by atoms with van der Waals surface area (Å²) >= 11 is 0. The highest BCUT2D eigenvalue weighted by Gasteiger charge is 2.38. The number of hydroxylamine groups is 2. The third kappa shape index (κ3) is 4.32. The lowest BCUT2D eigenvalue weighted by Crippen LogP contribution is -2.29. The summed E-state index contributed by atoms with van der Waals surface area (Å²) in [6.07, 6.45) is -4.69. The molecule has 0 radical (unpaired) electrons. The van der Waals surface area contributed by atoms with Crippen molar-refractivity contribution in [2.75, 3.05) is 7.11 Å². The van der Waals surface area contributed by atoms with Crippen molar-refractivity contribution in [1.29, 1.82) is 0 Å². The van der Waals surface area contributed by atoms with Gasteiger partial charge in [0.05, 0.1) is 13.7 Å². The standard InChI is InChI=1S/C18H14F3N3O3/c1-26-24(16(25)14-5-3-2-4-6-14)11-12-7-9-13(10-8-12)15-22-17(27-23-15)18(19,20)21/h2-10H,11H2,1H3. The minimum atomic E-state index is -4.69. The summed E-state index contributed by atoms with van der Waals surface area (Å²) in [6, 6.07) is 15.0. The second kappa shape index (κ2) is 7.58. The van der Waals surface area contributed by atoms with Crippen LogP contribution < -0.4 is 0 Å². The van der Waals surface area contributed by atoms with Gasteiger partial charge in [-0.1, -0.05) is 47.6 Å². The highest BCUT2D eigenvalue weighted by molar-refractivity contribution is 5.93. The molecule has 1 heterocycles. The molecule has 0 N–H and O–H groups in total. The molecule has 27 heavy (non-hydrogen) atoms. The normalized spacial score (nSPS) is 11.4. The Morgan fingerprint density at radius 2 is 1.78 bits per heavy atom. The number of benzene rings is 2. The van der Waals surface area contributed by atoms with Crippen LogP contribution in [-0.2, 0) is 17.6 Å². The number of carbonyl (C=O) groups excluding carboxylic acids is 1. The quantitative estimate of drug-likeness (QED) is 0.630. The van der Waals surface area contributed by atoms with Gasteiger partial charge < -0.3 is 4.52 Å². The molecule has 0 aliphatic carbocycles. The summed E-state index contributed by atoms with van der Waals surface area (Å²) in [5.74, 6) is -1.88. The summed E-state index contributed by atoms with van der Waals surface area (Å²) in [5, 5.41) is 4.51. The lowest BCUT2D eigenvalue weighted by atomic mass is 10.1. The molecule has 0 unspecified atom stereocenters. The van der Waals surface area contributed by atoms with Crippen molar-refractivity contribution in [2.45, 2.75) is 12.7 Å². The third-order valence-corrected chi connectivity index (χ3v) is 3.67. The van der Waals surface area contributed by atoms with E-state index in [1.54, 1.807) is 54.6 Å². The molecule has 0 saturated heterocycles. The Hall–Kier alpha value is -3.20. The van der Waals surface area contributed by atoms with Gasteiger partial charge in [-0.05, 0) is 17.7 Å². The number of nitrogens with zero attached hydrogens (tertiary/aromatic N) is 3. The monoisotopic (exact) mass is 377 g/mol. The molecule has 2 aromatic carbocycles. The molecular weight excluding hydrogens is 363 g/mol. The summed E-state index contributed by atoms with van der Waals surface area (Å²) in [4.78, 5) is 20.9. The van der Waals surface area contributed by atoms with E-state index in [2.05, 4.69) is 14.7 Å². The van der Waals surface area contributed by atoms with E-state index in [-0.39, 0.29) is 18.3 Å². The van der Waals surface area contributed by atoms with Crippen LogP contribution in [0.5, 0.6) is 0 Å². The number of amides is 1. The first-order chi connectivity index (χ1) is 12.9. The summed E-state index contributed by atoms with van der Waals surface area (Å²) < 4.78 is 41.8. The van der Waals surface area contributed by atoms with Crippen molar-refractivity contribution in [3.63, 3.8) is 0 Å². The van der Waals surface area contributed by atoms with Crippen molar-refractivity contribution in [3.8, 4) is 11.4 Å². The van der Waals surface area contributed by atoms with Crippen LogP contribution in [-0.4, -0.2) is 28.2 Å². The fraction of sp³-hybridized carbons (Fsp3) is 0.167. The molecule has 0 atom stereocenters. The zero-order valence-corrected chi connectivity index (χ0v) is 14.1. The van der Waals surface area contributed by atoms with Crippen LogP contribution in [0.4, 0.5) is 13.2 Å². The molecule has 3 rings (SSSR count). The van der Waals surface area contributed by atoms with E-state index in [0.29, 0.717) is 16.7 Å². The average Bonchev–Trinajstić information content (AvgIpc) is 3.17. The highest BCUT2D eigenvalue weighted by atomic mass is 19.4. The van der Waals surface area contributed by atoms with Gasteiger partial charge in [-0.2, -0.15) is 18.2 Å². The van der Waals surface area contributed by atoms with Gasteiger partial charge >= 0.3 is 12.1 Å². The van der Waals surface area contributed by atoms with E-state index in [1.807, 2.05) is 0 Å². The van der Waals surface area contributed by atoms with Crippen LogP contribution in [0, 0.1) is 0 Å². The van der Waals surface area contributed by atoms with Gasteiger partial charge in [0.2, 0.25) is 5.82 Å². The van der Waals surface area contributed by atoms with E-state index in [0.717, 1.165) is 0 Å².